The molecule has 9 heteroatoms. The van der Waals surface area contributed by atoms with Gasteiger partial charge in [-0.3, -0.25) is 4.79 Å². The second-order valence-corrected chi connectivity index (χ2v) is 5.71. The van der Waals surface area contributed by atoms with Crippen molar-refractivity contribution in [2.75, 3.05) is 19.5 Å². The van der Waals surface area contributed by atoms with E-state index < -0.39 is 34.4 Å². The molecule has 0 amide bonds. The number of aromatic nitrogens is 1. The van der Waals surface area contributed by atoms with Gasteiger partial charge in [-0.15, -0.1) is 0 Å². The van der Waals surface area contributed by atoms with E-state index in [0.717, 1.165) is 6.42 Å². The molecule has 27 heavy (non-hydrogen) atoms. The normalized spacial score (nSPS) is 10.6. The van der Waals surface area contributed by atoms with Gasteiger partial charge in [0.05, 0.1) is 13.2 Å². The van der Waals surface area contributed by atoms with Crippen molar-refractivity contribution in [3.63, 3.8) is 0 Å². The minimum atomic E-state index is -1.56. The van der Waals surface area contributed by atoms with Crippen LogP contribution in [-0.4, -0.2) is 40.9 Å². The molecule has 1 aromatic carbocycles. The van der Waals surface area contributed by atoms with Crippen LogP contribution in [0.2, 0.25) is 0 Å². The van der Waals surface area contributed by atoms with Crippen molar-refractivity contribution >= 4 is 17.8 Å². The molecule has 0 radical (unpaired) electrons. The summed E-state index contributed by atoms with van der Waals surface area (Å²) in [5, 5.41) is 18.9. The number of H-pyrrole nitrogens is 1. The van der Waals surface area contributed by atoms with Crippen LogP contribution in [0.4, 0.5) is 5.82 Å². The number of rotatable bonds is 8. The Kier molecular flexibility index (Phi) is 6.19. The molecule has 2 aromatic rings. The summed E-state index contributed by atoms with van der Waals surface area (Å²) in [5.41, 5.74) is 3.98. The largest absolute Gasteiger partial charge is 0.493 e. The third kappa shape index (κ3) is 4.09. The summed E-state index contributed by atoms with van der Waals surface area (Å²) in [6.45, 7) is 2.56. The van der Waals surface area contributed by atoms with Crippen LogP contribution in [0.15, 0.2) is 23.0 Å². The van der Waals surface area contributed by atoms with E-state index in [2.05, 4.69) is 4.98 Å². The van der Waals surface area contributed by atoms with Gasteiger partial charge in [-0.2, -0.15) is 0 Å². The number of anilines is 1. The molecule has 0 bridgehead atoms. The van der Waals surface area contributed by atoms with Gasteiger partial charge in [0.1, 0.15) is 22.7 Å². The van der Waals surface area contributed by atoms with Crippen molar-refractivity contribution < 1.29 is 29.3 Å². The Bertz CT molecular complexity index is 934. The highest BCUT2D eigenvalue weighted by atomic mass is 16.5. The number of carboxylic acids is 2. The average Bonchev–Trinajstić information content (AvgIpc) is 2.59. The first-order chi connectivity index (χ1) is 12.8. The number of hydrogen-bond donors (Lipinski definition) is 4. The smallest absolute Gasteiger partial charge is 0.342 e. The number of nitrogen functional groups attached to an aromatic ring is 1. The van der Waals surface area contributed by atoms with Crippen LogP contribution in [0.5, 0.6) is 5.75 Å². The lowest BCUT2D eigenvalue weighted by Gasteiger charge is -2.15. The third-order valence-electron chi connectivity index (χ3n) is 3.78. The second-order valence-electron chi connectivity index (χ2n) is 5.71. The first kappa shape index (κ1) is 20.0. The Hall–Kier alpha value is -3.33. The number of benzene rings is 1. The standard InChI is InChI=1S/C18H20N2O7/c1-3-6-27-11-5-4-9(7-10(11)8-26-2)12-13(17(22)23)15(19)20-16(21)14(12)18(24)25/h4-5,7H,3,6,8H2,1-2H3,(H,22,23)(H,24,25)(H3,19,20,21). The van der Waals surface area contributed by atoms with Crippen molar-refractivity contribution in [3.8, 4) is 16.9 Å². The van der Waals surface area contributed by atoms with Gasteiger partial charge < -0.3 is 30.4 Å². The molecule has 0 aliphatic rings. The second kappa shape index (κ2) is 8.37. The highest BCUT2D eigenvalue weighted by Crippen LogP contribution is 2.33. The van der Waals surface area contributed by atoms with E-state index in [1.54, 1.807) is 6.07 Å². The fraction of sp³-hybridized carbons (Fsp3) is 0.278. The molecule has 5 N–H and O–H groups in total. The maximum Gasteiger partial charge on any atom is 0.342 e. The Balaban J connectivity index is 2.80. The first-order valence-corrected chi connectivity index (χ1v) is 8.09. The van der Waals surface area contributed by atoms with Crippen molar-refractivity contribution in [2.24, 2.45) is 0 Å². The lowest BCUT2D eigenvalue weighted by atomic mass is 9.94. The fourth-order valence-electron chi connectivity index (χ4n) is 2.69. The molecule has 0 aliphatic heterocycles. The highest BCUT2D eigenvalue weighted by molar-refractivity contribution is 6.07. The zero-order valence-corrected chi connectivity index (χ0v) is 14.9. The van der Waals surface area contributed by atoms with E-state index in [0.29, 0.717) is 17.9 Å². The van der Waals surface area contributed by atoms with E-state index in [1.807, 2.05) is 6.92 Å². The Labute approximate surface area is 154 Å². The van der Waals surface area contributed by atoms with Gasteiger partial charge in [0, 0.05) is 18.2 Å². The van der Waals surface area contributed by atoms with E-state index in [-0.39, 0.29) is 17.7 Å². The molecule has 2 rings (SSSR count). The zero-order chi connectivity index (χ0) is 20.1. The molecular formula is C18H20N2O7. The number of aromatic amines is 1. The molecule has 0 saturated carbocycles. The molecule has 0 fully saturated rings. The van der Waals surface area contributed by atoms with Gasteiger partial charge in [-0.1, -0.05) is 13.0 Å². The summed E-state index contributed by atoms with van der Waals surface area (Å²) in [6, 6.07) is 4.59. The van der Waals surface area contributed by atoms with E-state index in [4.69, 9.17) is 15.2 Å². The lowest BCUT2D eigenvalue weighted by Crippen LogP contribution is -2.24. The lowest BCUT2D eigenvalue weighted by molar-refractivity contribution is 0.0695. The summed E-state index contributed by atoms with van der Waals surface area (Å²) in [7, 11) is 1.48. The van der Waals surface area contributed by atoms with Gasteiger partial charge >= 0.3 is 11.9 Å². The predicted octanol–water partition coefficient (Wildman–Crippen LogP) is 1.96. The van der Waals surface area contributed by atoms with Crippen LogP contribution in [0, 0.1) is 0 Å². The number of ether oxygens (including phenoxy) is 2. The number of carbonyl (C=O) groups is 2. The van der Waals surface area contributed by atoms with Crippen LogP contribution >= 0.6 is 0 Å². The Morgan fingerprint density at radius 3 is 2.41 bits per heavy atom. The number of nitrogens with one attached hydrogen (secondary N) is 1. The maximum absolute atomic E-state index is 12.1. The van der Waals surface area contributed by atoms with Crippen LogP contribution in [0.3, 0.4) is 0 Å². The minimum Gasteiger partial charge on any atom is -0.493 e. The topological polar surface area (TPSA) is 152 Å². The van der Waals surface area contributed by atoms with Crippen molar-refractivity contribution in [1.29, 1.82) is 0 Å². The predicted molar refractivity (Wildman–Crippen MR) is 97.3 cm³/mol. The average molecular weight is 376 g/mol. The minimum absolute atomic E-state index is 0.149. The number of carboxylic acid groups (broad SMARTS) is 2. The molecule has 0 saturated heterocycles. The molecule has 0 unspecified atom stereocenters. The Morgan fingerprint density at radius 2 is 1.85 bits per heavy atom. The van der Waals surface area contributed by atoms with Crippen molar-refractivity contribution in [3.05, 3.63) is 45.2 Å². The van der Waals surface area contributed by atoms with E-state index >= 15 is 0 Å². The highest BCUT2D eigenvalue weighted by Gasteiger charge is 2.27. The number of pyridine rings is 1. The van der Waals surface area contributed by atoms with Crippen LogP contribution in [0.25, 0.3) is 11.1 Å². The van der Waals surface area contributed by atoms with E-state index in [9.17, 15) is 24.6 Å². The summed E-state index contributed by atoms with van der Waals surface area (Å²) in [5.74, 6) is -2.92. The zero-order valence-electron chi connectivity index (χ0n) is 14.9. The number of aromatic carboxylic acids is 2. The fourth-order valence-corrected chi connectivity index (χ4v) is 2.69. The van der Waals surface area contributed by atoms with Gasteiger partial charge in [0.2, 0.25) is 0 Å². The summed E-state index contributed by atoms with van der Waals surface area (Å²) in [4.78, 5) is 37.5. The molecule has 0 aliphatic carbocycles. The molecular weight excluding hydrogens is 356 g/mol. The number of nitrogens with two attached hydrogens (primary N) is 1. The molecule has 144 valence electrons. The number of methoxy groups -OCH3 is 1. The quantitative estimate of drug-likeness (QED) is 0.545. The first-order valence-electron chi connectivity index (χ1n) is 8.09. The third-order valence-corrected chi connectivity index (χ3v) is 3.78. The molecule has 0 spiro atoms. The van der Waals surface area contributed by atoms with Gasteiger partial charge in [0.15, 0.2) is 0 Å². The van der Waals surface area contributed by atoms with Crippen LogP contribution in [-0.2, 0) is 11.3 Å². The molecule has 0 atom stereocenters. The van der Waals surface area contributed by atoms with E-state index in [1.165, 1.54) is 19.2 Å². The molecule has 9 nitrogen and oxygen atoms in total. The summed E-state index contributed by atoms with van der Waals surface area (Å²) >= 11 is 0. The van der Waals surface area contributed by atoms with Gasteiger partial charge in [-0.25, -0.2) is 9.59 Å². The van der Waals surface area contributed by atoms with Gasteiger partial charge in [0.25, 0.3) is 5.56 Å². The van der Waals surface area contributed by atoms with Crippen molar-refractivity contribution in [1.82, 2.24) is 4.98 Å². The maximum atomic E-state index is 12.1. The van der Waals surface area contributed by atoms with Crippen molar-refractivity contribution in [2.45, 2.75) is 20.0 Å². The molecule has 1 aromatic heterocycles. The monoisotopic (exact) mass is 376 g/mol. The van der Waals surface area contributed by atoms with Gasteiger partial charge in [-0.05, 0) is 24.1 Å². The van der Waals surface area contributed by atoms with Crippen LogP contribution < -0.4 is 16.0 Å². The summed E-state index contributed by atoms with van der Waals surface area (Å²) in [6.07, 6.45) is 0.783. The summed E-state index contributed by atoms with van der Waals surface area (Å²) < 4.78 is 10.8. The molecule has 1 heterocycles. The van der Waals surface area contributed by atoms with Crippen LogP contribution in [0.1, 0.15) is 39.6 Å². The SMILES string of the molecule is CCCOc1ccc(-c2c(C(=O)O)c(N)[nH]c(=O)c2C(=O)O)cc1COC. The number of hydrogen-bond acceptors (Lipinski definition) is 6. The Morgan fingerprint density at radius 1 is 1.19 bits per heavy atom.